The molecule has 1 aliphatic carbocycles. The van der Waals surface area contributed by atoms with Crippen LogP contribution in [0.15, 0.2) is 18.2 Å². The van der Waals surface area contributed by atoms with E-state index in [4.69, 9.17) is 4.74 Å². The molecular weight excluding hydrogens is 362 g/mol. The number of hydrogen-bond donors (Lipinski definition) is 1. The molecule has 1 atom stereocenters. The Morgan fingerprint density at radius 2 is 1.85 bits per heavy atom. The first-order valence-electron chi connectivity index (χ1n) is 9.02. The number of hydrogen-bond acceptors (Lipinski definition) is 5. The SMILES string of the molecule is CC(=O)Nc1sc(C)c(C)c1C(=O)O[C@@H](C)C(=O)c1ccc2c(c1)CCC2. The fourth-order valence-corrected chi connectivity index (χ4v) is 4.45. The Hall–Kier alpha value is -2.47. The average Bonchev–Trinajstić information content (AvgIpc) is 3.17. The van der Waals surface area contributed by atoms with Crippen LogP contribution >= 0.6 is 11.3 Å². The molecule has 0 aliphatic heterocycles. The third-order valence-electron chi connectivity index (χ3n) is 4.92. The van der Waals surface area contributed by atoms with Crippen LogP contribution in [0.5, 0.6) is 0 Å². The summed E-state index contributed by atoms with van der Waals surface area (Å²) in [4.78, 5) is 37.7. The van der Waals surface area contributed by atoms with Gasteiger partial charge in [0.25, 0.3) is 0 Å². The number of nitrogens with one attached hydrogen (secondary N) is 1. The summed E-state index contributed by atoms with van der Waals surface area (Å²) < 4.78 is 5.46. The molecular formula is C21H23NO4S. The molecule has 0 unspecified atom stereocenters. The largest absolute Gasteiger partial charge is 0.451 e. The van der Waals surface area contributed by atoms with E-state index in [0.717, 1.165) is 29.7 Å². The number of rotatable bonds is 5. The number of ketones is 1. The number of aryl methyl sites for hydroxylation is 3. The number of ether oxygens (including phenoxy) is 1. The maximum atomic E-state index is 12.7. The average molecular weight is 385 g/mol. The highest BCUT2D eigenvalue weighted by Crippen LogP contribution is 2.33. The third-order valence-corrected chi connectivity index (χ3v) is 6.04. The van der Waals surface area contributed by atoms with Gasteiger partial charge in [0.15, 0.2) is 6.10 Å². The van der Waals surface area contributed by atoms with E-state index in [-0.39, 0.29) is 11.7 Å². The van der Waals surface area contributed by atoms with E-state index in [9.17, 15) is 14.4 Å². The minimum atomic E-state index is -0.901. The highest BCUT2D eigenvalue weighted by atomic mass is 32.1. The Labute approximate surface area is 162 Å². The van der Waals surface area contributed by atoms with Crippen LogP contribution in [0.2, 0.25) is 0 Å². The molecule has 1 aromatic heterocycles. The number of carbonyl (C=O) groups is 3. The van der Waals surface area contributed by atoms with E-state index in [0.29, 0.717) is 16.1 Å². The summed E-state index contributed by atoms with van der Waals surface area (Å²) in [7, 11) is 0. The van der Waals surface area contributed by atoms with Crippen molar-refractivity contribution in [3.05, 3.63) is 50.9 Å². The first kappa shape index (κ1) is 19.3. The smallest absolute Gasteiger partial charge is 0.342 e. The number of anilines is 1. The first-order valence-corrected chi connectivity index (χ1v) is 9.84. The summed E-state index contributed by atoms with van der Waals surface area (Å²) in [5.74, 6) is -1.07. The second-order valence-electron chi connectivity index (χ2n) is 6.92. The van der Waals surface area contributed by atoms with Crippen LogP contribution in [0.25, 0.3) is 0 Å². The normalized spacial score (nSPS) is 13.8. The van der Waals surface area contributed by atoms with E-state index in [1.807, 2.05) is 19.1 Å². The third kappa shape index (κ3) is 3.95. The fraction of sp³-hybridized carbons (Fsp3) is 0.381. The van der Waals surface area contributed by atoms with E-state index in [2.05, 4.69) is 5.32 Å². The molecule has 1 aromatic carbocycles. The van der Waals surface area contributed by atoms with E-state index in [1.54, 1.807) is 19.9 Å². The van der Waals surface area contributed by atoms with Gasteiger partial charge >= 0.3 is 5.97 Å². The van der Waals surface area contributed by atoms with Gasteiger partial charge in [0, 0.05) is 17.4 Å². The second-order valence-corrected chi connectivity index (χ2v) is 8.14. The van der Waals surface area contributed by atoms with Crippen molar-refractivity contribution in [2.75, 3.05) is 5.32 Å². The predicted octanol–water partition coefficient (Wildman–Crippen LogP) is 4.24. The molecule has 3 rings (SSSR count). The minimum Gasteiger partial charge on any atom is -0.451 e. The van der Waals surface area contributed by atoms with Gasteiger partial charge in [0.1, 0.15) is 5.00 Å². The summed E-state index contributed by atoms with van der Waals surface area (Å²) in [6, 6.07) is 5.71. The molecule has 1 N–H and O–H groups in total. The molecule has 142 valence electrons. The van der Waals surface area contributed by atoms with Gasteiger partial charge in [-0.1, -0.05) is 12.1 Å². The van der Waals surface area contributed by atoms with Gasteiger partial charge < -0.3 is 10.1 Å². The van der Waals surface area contributed by atoms with Crippen molar-refractivity contribution < 1.29 is 19.1 Å². The van der Waals surface area contributed by atoms with Crippen molar-refractivity contribution in [2.45, 2.75) is 53.1 Å². The van der Waals surface area contributed by atoms with Gasteiger partial charge in [-0.05, 0) is 62.8 Å². The Balaban J connectivity index is 1.78. The molecule has 1 amide bonds. The lowest BCUT2D eigenvalue weighted by Gasteiger charge is -2.14. The highest BCUT2D eigenvalue weighted by Gasteiger charge is 2.26. The van der Waals surface area contributed by atoms with Crippen molar-refractivity contribution >= 4 is 34.0 Å². The molecule has 0 saturated carbocycles. The van der Waals surface area contributed by atoms with Crippen LogP contribution in [0.4, 0.5) is 5.00 Å². The number of Topliss-reactive ketones (excluding diaryl/α,β-unsaturated/α-hetero) is 1. The zero-order valence-electron chi connectivity index (χ0n) is 16.0. The molecule has 6 heteroatoms. The highest BCUT2D eigenvalue weighted by molar-refractivity contribution is 7.16. The zero-order valence-corrected chi connectivity index (χ0v) is 16.8. The number of benzene rings is 1. The topological polar surface area (TPSA) is 72.5 Å². The Kier molecular flexibility index (Phi) is 5.46. The quantitative estimate of drug-likeness (QED) is 0.617. The molecule has 0 radical (unpaired) electrons. The van der Waals surface area contributed by atoms with E-state index >= 15 is 0 Å². The number of esters is 1. The van der Waals surface area contributed by atoms with Crippen LogP contribution in [0.1, 0.15) is 62.6 Å². The van der Waals surface area contributed by atoms with Crippen molar-refractivity contribution in [2.24, 2.45) is 0 Å². The number of carbonyl (C=O) groups excluding carboxylic acids is 3. The lowest BCUT2D eigenvalue weighted by molar-refractivity contribution is -0.114. The van der Waals surface area contributed by atoms with Gasteiger partial charge in [-0.2, -0.15) is 0 Å². The molecule has 0 fully saturated rings. The number of fused-ring (bicyclic) bond motifs is 1. The lowest BCUT2D eigenvalue weighted by Crippen LogP contribution is -2.25. The maximum Gasteiger partial charge on any atom is 0.342 e. The van der Waals surface area contributed by atoms with Crippen molar-refractivity contribution in [1.82, 2.24) is 0 Å². The minimum absolute atomic E-state index is 0.219. The molecule has 27 heavy (non-hydrogen) atoms. The Morgan fingerprint density at radius 3 is 2.56 bits per heavy atom. The molecule has 2 aromatic rings. The molecule has 0 saturated heterocycles. The van der Waals surface area contributed by atoms with E-state index < -0.39 is 12.1 Å². The summed E-state index contributed by atoms with van der Waals surface area (Å²) >= 11 is 1.33. The summed E-state index contributed by atoms with van der Waals surface area (Å²) in [5.41, 5.74) is 4.14. The van der Waals surface area contributed by atoms with Crippen molar-refractivity contribution in [1.29, 1.82) is 0 Å². The predicted molar refractivity (Wildman–Crippen MR) is 106 cm³/mol. The van der Waals surface area contributed by atoms with Gasteiger partial charge in [-0.15, -0.1) is 11.3 Å². The van der Waals surface area contributed by atoms with Crippen molar-refractivity contribution in [3.63, 3.8) is 0 Å². The fourth-order valence-electron chi connectivity index (χ4n) is 3.35. The molecule has 1 heterocycles. The van der Waals surface area contributed by atoms with Crippen LogP contribution in [0.3, 0.4) is 0 Å². The maximum absolute atomic E-state index is 12.7. The van der Waals surface area contributed by atoms with E-state index in [1.165, 1.54) is 29.4 Å². The second kappa shape index (κ2) is 7.64. The van der Waals surface area contributed by atoms with Crippen molar-refractivity contribution in [3.8, 4) is 0 Å². The molecule has 0 bridgehead atoms. The van der Waals surface area contributed by atoms with Gasteiger partial charge in [0.2, 0.25) is 11.7 Å². The van der Waals surface area contributed by atoms with Gasteiger partial charge in [-0.3, -0.25) is 9.59 Å². The molecule has 5 nitrogen and oxygen atoms in total. The standard InChI is InChI=1S/C21H23NO4S/c1-11-13(3)27-20(22-14(4)23)18(11)21(25)26-12(2)19(24)17-9-8-15-6-5-7-16(15)10-17/h8-10,12H,5-7H2,1-4H3,(H,22,23)/t12-/m0/s1. The summed E-state index contributed by atoms with van der Waals surface area (Å²) in [5, 5.41) is 3.13. The Bertz CT molecular complexity index is 929. The van der Waals surface area contributed by atoms with Crippen LogP contribution in [-0.4, -0.2) is 23.8 Å². The van der Waals surface area contributed by atoms with Gasteiger partial charge in [0.05, 0.1) is 5.56 Å². The summed E-state index contributed by atoms with van der Waals surface area (Å²) in [6.07, 6.45) is 2.25. The Morgan fingerprint density at radius 1 is 1.15 bits per heavy atom. The number of thiophene rings is 1. The van der Waals surface area contributed by atoms with Gasteiger partial charge in [-0.25, -0.2) is 4.79 Å². The zero-order chi connectivity index (χ0) is 19.7. The summed E-state index contributed by atoms with van der Waals surface area (Å²) in [6.45, 7) is 6.65. The van der Waals surface area contributed by atoms with Crippen LogP contribution < -0.4 is 5.32 Å². The monoisotopic (exact) mass is 385 g/mol. The molecule has 0 spiro atoms. The first-order chi connectivity index (χ1) is 12.8. The van der Waals surface area contributed by atoms with Crippen LogP contribution in [-0.2, 0) is 22.4 Å². The lowest BCUT2D eigenvalue weighted by atomic mass is 10.0. The number of amides is 1. The molecule has 1 aliphatic rings. The van der Waals surface area contributed by atoms with Crippen LogP contribution in [0, 0.1) is 13.8 Å².